The van der Waals surface area contributed by atoms with Crippen LogP contribution < -0.4 is 5.90 Å². The second kappa shape index (κ2) is 4.77. The van der Waals surface area contributed by atoms with Crippen LogP contribution in [0.15, 0.2) is 12.4 Å². The highest BCUT2D eigenvalue weighted by molar-refractivity contribution is 6.35. The van der Waals surface area contributed by atoms with E-state index in [2.05, 4.69) is 9.82 Å². The summed E-state index contributed by atoms with van der Waals surface area (Å²) in [5, 5.41) is 1.08. The van der Waals surface area contributed by atoms with Crippen LogP contribution in [0.25, 0.3) is 0 Å². The number of aromatic nitrogens is 1. The SMILES string of the molecule is CC(CON)c1c(Cl)cncc1Cl. The van der Waals surface area contributed by atoms with Gasteiger partial charge < -0.3 is 4.84 Å². The Balaban J connectivity index is 2.98. The molecule has 0 amide bonds. The van der Waals surface area contributed by atoms with E-state index in [0.717, 1.165) is 5.56 Å². The van der Waals surface area contributed by atoms with Crippen molar-refractivity contribution in [1.29, 1.82) is 0 Å². The second-order valence-corrected chi connectivity index (χ2v) is 3.57. The van der Waals surface area contributed by atoms with Gasteiger partial charge in [0, 0.05) is 18.3 Å². The highest BCUT2D eigenvalue weighted by atomic mass is 35.5. The normalized spacial score (nSPS) is 12.9. The maximum Gasteiger partial charge on any atom is 0.0746 e. The molecule has 0 aromatic carbocycles. The quantitative estimate of drug-likeness (QED) is 0.797. The summed E-state index contributed by atoms with van der Waals surface area (Å²) in [6, 6.07) is 0. The molecule has 3 nitrogen and oxygen atoms in total. The molecule has 1 heterocycles. The van der Waals surface area contributed by atoms with Crippen LogP contribution in [-0.4, -0.2) is 11.6 Å². The molecule has 0 spiro atoms. The predicted molar refractivity (Wildman–Crippen MR) is 52.8 cm³/mol. The molecule has 0 saturated heterocycles. The molecule has 13 heavy (non-hydrogen) atoms. The van der Waals surface area contributed by atoms with Crippen molar-refractivity contribution in [3.63, 3.8) is 0 Å². The van der Waals surface area contributed by atoms with Crippen molar-refractivity contribution in [3.8, 4) is 0 Å². The van der Waals surface area contributed by atoms with Crippen LogP contribution in [0.4, 0.5) is 0 Å². The van der Waals surface area contributed by atoms with E-state index in [1.165, 1.54) is 0 Å². The number of hydrogen-bond acceptors (Lipinski definition) is 3. The number of nitrogens with two attached hydrogens (primary N) is 1. The van der Waals surface area contributed by atoms with Gasteiger partial charge in [-0.25, -0.2) is 5.90 Å². The molecular formula is C8H10Cl2N2O. The fourth-order valence-corrected chi connectivity index (χ4v) is 1.86. The lowest BCUT2D eigenvalue weighted by Crippen LogP contribution is -2.09. The van der Waals surface area contributed by atoms with Crippen LogP contribution in [0, 0.1) is 0 Å². The molecule has 72 valence electrons. The van der Waals surface area contributed by atoms with Gasteiger partial charge in [-0.3, -0.25) is 4.98 Å². The zero-order valence-electron chi connectivity index (χ0n) is 7.13. The smallest absolute Gasteiger partial charge is 0.0746 e. The van der Waals surface area contributed by atoms with E-state index in [4.69, 9.17) is 29.1 Å². The molecule has 1 aromatic heterocycles. The summed E-state index contributed by atoms with van der Waals surface area (Å²) in [6.45, 7) is 2.31. The Hall–Kier alpha value is -0.350. The molecule has 1 unspecified atom stereocenters. The fourth-order valence-electron chi connectivity index (χ4n) is 1.12. The zero-order chi connectivity index (χ0) is 9.84. The number of nitrogens with zero attached hydrogens (tertiary/aromatic N) is 1. The number of halogens is 2. The van der Waals surface area contributed by atoms with Crippen LogP contribution in [0.5, 0.6) is 0 Å². The number of rotatable bonds is 3. The second-order valence-electron chi connectivity index (χ2n) is 2.75. The molecular weight excluding hydrogens is 211 g/mol. The Morgan fingerprint density at radius 3 is 2.46 bits per heavy atom. The standard InChI is InChI=1S/C8H10Cl2N2O/c1-5(4-13-11)8-6(9)2-12-3-7(8)10/h2-3,5H,4,11H2,1H3. The minimum absolute atomic E-state index is 0.0630. The van der Waals surface area contributed by atoms with Gasteiger partial charge in [-0.2, -0.15) is 0 Å². The molecule has 0 bridgehead atoms. The summed E-state index contributed by atoms with van der Waals surface area (Å²) in [7, 11) is 0. The van der Waals surface area contributed by atoms with Gasteiger partial charge >= 0.3 is 0 Å². The summed E-state index contributed by atoms with van der Waals surface area (Å²) < 4.78 is 0. The first kappa shape index (κ1) is 10.7. The Bertz CT molecular complexity index is 273. The van der Waals surface area contributed by atoms with Crippen LogP contribution in [-0.2, 0) is 4.84 Å². The van der Waals surface area contributed by atoms with E-state index in [1.807, 2.05) is 6.92 Å². The first-order valence-electron chi connectivity index (χ1n) is 3.77. The average Bonchev–Trinajstić information content (AvgIpc) is 2.04. The van der Waals surface area contributed by atoms with Gasteiger partial charge in [0.25, 0.3) is 0 Å². The summed E-state index contributed by atoms with van der Waals surface area (Å²) in [4.78, 5) is 8.38. The van der Waals surface area contributed by atoms with E-state index >= 15 is 0 Å². The first-order valence-corrected chi connectivity index (χ1v) is 4.53. The van der Waals surface area contributed by atoms with Crippen LogP contribution in [0.1, 0.15) is 18.4 Å². The lowest BCUT2D eigenvalue weighted by Gasteiger charge is -2.12. The third kappa shape index (κ3) is 2.54. The van der Waals surface area contributed by atoms with Crippen molar-refractivity contribution in [2.45, 2.75) is 12.8 Å². The summed E-state index contributed by atoms with van der Waals surface area (Å²) in [6.07, 6.45) is 3.10. The Morgan fingerprint density at radius 2 is 2.00 bits per heavy atom. The minimum atomic E-state index is 0.0630. The maximum atomic E-state index is 5.92. The van der Waals surface area contributed by atoms with E-state index in [1.54, 1.807) is 12.4 Å². The monoisotopic (exact) mass is 220 g/mol. The van der Waals surface area contributed by atoms with E-state index in [9.17, 15) is 0 Å². The van der Waals surface area contributed by atoms with Crippen LogP contribution >= 0.6 is 23.2 Å². The van der Waals surface area contributed by atoms with Gasteiger partial charge in [-0.05, 0) is 5.56 Å². The molecule has 0 aliphatic rings. The summed E-state index contributed by atoms with van der Waals surface area (Å²) >= 11 is 11.8. The largest absolute Gasteiger partial charge is 0.304 e. The van der Waals surface area contributed by atoms with Gasteiger partial charge in [0.2, 0.25) is 0 Å². The highest BCUT2D eigenvalue weighted by Gasteiger charge is 2.13. The van der Waals surface area contributed by atoms with Gasteiger partial charge in [0.1, 0.15) is 0 Å². The molecule has 1 atom stereocenters. The molecule has 5 heteroatoms. The van der Waals surface area contributed by atoms with Crippen molar-refractivity contribution >= 4 is 23.2 Å². The Morgan fingerprint density at radius 1 is 1.46 bits per heavy atom. The van der Waals surface area contributed by atoms with Gasteiger partial charge in [0.15, 0.2) is 0 Å². The topological polar surface area (TPSA) is 48.1 Å². The van der Waals surface area contributed by atoms with Crippen molar-refractivity contribution < 1.29 is 4.84 Å². The molecule has 0 aliphatic carbocycles. The molecule has 0 saturated carbocycles. The molecule has 1 rings (SSSR count). The zero-order valence-corrected chi connectivity index (χ0v) is 8.64. The fraction of sp³-hybridized carbons (Fsp3) is 0.375. The minimum Gasteiger partial charge on any atom is -0.304 e. The summed E-state index contributed by atoms with van der Waals surface area (Å²) in [5.41, 5.74) is 0.823. The van der Waals surface area contributed by atoms with Gasteiger partial charge in [-0.15, -0.1) is 0 Å². The molecule has 2 N–H and O–H groups in total. The number of pyridine rings is 1. The Labute approximate surface area is 86.8 Å². The molecule has 0 aliphatic heterocycles. The van der Waals surface area contributed by atoms with Crippen LogP contribution in [0.3, 0.4) is 0 Å². The highest BCUT2D eigenvalue weighted by Crippen LogP contribution is 2.30. The van der Waals surface area contributed by atoms with E-state index < -0.39 is 0 Å². The molecule has 0 fully saturated rings. The number of hydrogen-bond donors (Lipinski definition) is 1. The maximum absolute atomic E-state index is 5.92. The third-order valence-corrected chi connectivity index (χ3v) is 2.33. The molecule has 1 aromatic rings. The molecule has 0 radical (unpaired) electrons. The van der Waals surface area contributed by atoms with Crippen molar-refractivity contribution in [2.24, 2.45) is 5.90 Å². The average molecular weight is 221 g/mol. The van der Waals surface area contributed by atoms with Crippen molar-refractivity contribution in [3.05, 3.63) is 28.0 Å². The van der Waals surface area contributed by atoms with E-state index in [-0.39, 0.29) is 5.92 Å². The predicted octanol–water partition coefficient (Wildman–Crippen LogP) is 2.38. The summed E-state index contributed by atoms with van der Waals surface area (Å²) in [5.74, 6) is 5.03. The van der Waals surface area contributed by atoms with E-state index in [0.29, 0.717) is 16.7 Å². The van der Waals surface area contributed by atoms with Crippen molar-refractivity contribution in [1.82, 2.24) is 4.98 Å². The first-order chi connectivity index (χ1) is 6.16. The van der Waals surface area contributed by atoms with Crippen LogP contribution in [0.2, 0.25) is 10.0 Å². The van der Waals surface area contributed by atoms with Crippen molar-refractivity contribution in [2.75, 3.05) is 6.61 Å². The third-order valence-electron chi connectivity index (χ3n) is 1.73. The Kier molecular flexibility index (Phi) is 3.93. The lowest BCUT2D eigenvalue weighted by molar-refractivity contribution is 0.126. The lowest BCUT2D eigenvalue weighted by atomic mass is 10.0. The van der Waals surface area contributed by atoms with Gasteiger partial charge in [0.05, 0.1) is 16.7 Å². The van der Waals surface area contributed by atoms with Gasteiger partial charge in [-0.1, -0.05) is 30.1 Å².